The van der Waals surface area contributed by atoms with E-state index < -0.39 is 0 Å². The topological polar surface area (TPSA) is 44.8 Å². The van der Waals surface area contributed by atoms with Gasteiger partial charge in [-0.3, -0.25) is 4.79 Å². The van der Waals surface area contributed by atoms with Crippen molar-refractivity contribution in [2.75, 3.05) is 33.5 Å². The molecule has 96 valence electrons. The second-order valence-electron chi connectivity index (χ2n) is 4.66. The Morgan fingerprint density at radius 2 is 2.00 bits per heavy atom. The number of ether oxygens (including phenoxy) is 3. The zero-order valence-corrected chi connectivity index (χ0v) is 10.3. The lowest BCUT2D eigenvalue weighted by molar-refractivity contribution is -0.151. The van der Waals surface area contributed by atoms with Gasteiger partial charge in [-0.05, 0) is 24.7 Å². The summed E-state index contributed by atoms with van der Waals surface area (Å²) in [6.45, 7) is 1.92. The Morgan fingerprint density at radius 1 is 1.18 bits per heavy atom. The Hall–Kier alpha value is -0.870. The van der Waals surface area contributed by atoms with Gasteiger partial charge < -0.3 is 14.2 Å². The molecular formula is C13H20O4. The Morgan fingerprint density at radius 3 is 2.65 bits per heavy atom. The largest absolute Gasteiger partial charge is 0.463 e. The maximum atomic E-state index is 11.8. The van der Waals surface area contributed by atoms with E-state index >= 15 is 0 Å². The maximum absolute atomic E-state index is 11.8. The van der Waals surface area contributed by atoms with Crippen LogP contribution in [-0.2, 0) is 19.0 Å². The van der Waals surface area contributed by atoms with E-state index in [1.807, 2.05) is 0 Å². The summed E-state index contributed by atoms with van der Waals surface area (Å²) in [6, 6.07) is 0. The summed E-state index contributed by atoms with van der Waals surface area (Å²) in [6.07, 6.45) is 6.48. The van der Waals surface area contributed by atoms with Gasteiger partial charge in [0.25, 0.3) is 0 Å². The van der Waals surface area contributed by atoms with E-state index in [-0.39, 0.29) is 11.9 Å². The third kappa shape index (κ3) is 3.30. The van der Waals surface area contributed by atoms with Gasteiger partial charge in [0, 0.05) is 7.11 Å². The monoisotopic (exact) mass is 240 g/mol. The van der Waals surface area contributed by atoms with Gasteiger partial charge in [-0.1, -0.05) is 12.2 Å². The predicted octanol–water partition coefficient (Wildman–Crippen LogP) is 1.40. The van der Waals surface area contributed by atoms with Crippen LogP contribution in [0.4, 0.5) is 0 Å². The second-order valence-corrected chi connectivity index (χ2v) is 4.66. The maximum Gasteiger partial charge on any atom is 0.309 e. The van der Waals surface area contributed by atoms with E-state index in [9.17, 15) is 4.79 Å². The fourth-order valence-corrected chi connectivity index (χ4v) is 2.60. The van der Waals surface area contributed by atoms with Gasteiger partial charge in [-0.25, -0.2) is 0 Å². The van der Waals surface area contributed by atoms with Crippen LogP contribution in [0.25, 0.3) is 0 Å². The fourth-order valence-electron chi connectivity index (χ4n) is 2.60. The average Bonchev–Trinajstić information content (AvgIpc) is 2.95. The molecule has 3 atom stereocenters. The van der Waals surface area contributed by atoms with Crippen molar-refractivity contribution in [3.05, 3.63) is 12.2 Å². The van der Waals surface area contributed by atoms with E-state index in [0.717, 1.165) is 12.8 Å². The Balaban J connectivity index is 1.57. The summed E-state index contributed by atoms with van der Waals surface area (Å²) in [7, 11) is 1.63. The molecule has 17 heavy (non-hydrogen) atoms. The average molecular weight is 240 g/mol. The molecule has 4 heteroatoms. The third-order valence-corrected chi connectivity index (χ3v) is 3.49. The molecule has 0 amide bonds. The van der Waals surface area contributed by atoms with E-state index in [4.69, 9.17) is 14.2 Å². The fraction of sp³-hybridized carbons (Fsp3) is 0.769. The molecule has 0 aromatic carbocycles. The zero-order chi connectivity index (χ0) is 12.1. The smallest absolute Gasteiger partial charge is 0.309 e. The second kappa shape index (κ2) is 6.17. The normalized spacial score (nSPS) is 29.8. The van der Waals surface area contributed by atoms with Crippen LogP contribution in [0, 0.1) is 17.8 Å². The van der Waals surface area contributed by atoms with Gasteiger partial charge >= 0.3 is 5.97 Å². The molecular weight excluding hydrogens is 220 g/mol. The van der Waals surface area contributed by atoms with Gasteiger partial charge in [0.2, 0.25) is 0 Å². The molecule has 3 unspecified atom stereocenters. The number of esters is 1. The van der Waals surface area contributed by atoms with Crippen LogP contribution in [-0.4, -0.2) is 39.5 Å². The number of carbonyl (C=O) groups is 1. The lowest BCUT2D eigenvalue weighted by Gasteiger charge is -2.16. The first kappa shape index (κ1) is 12.6. The predicted molar refractivity (Wildman–Crippen MR) is 62.5 cm³/mol. The van der Waals surface area contributed by atoms with E-state index in [2.05, 4.69) is 12.2 Å². The van der Waals surface area contributed by atoms with Crippen LogP contribution in [0.5, 0.6) is 0 Å². The molecule has 0 N–H and O–H groups in total. The summed E-state index contributed by atoms with van der Waals surface area (Å²) >= 11 is 0. The lowest BCUT2D eigenvalue weighted by atomic mass is 9.94. The van der Waals surface area contributed by atoms with Crippen molar-refractivity contribution in [2.24, 2.45) is 17.8 Å². The molecule has 2 aliphatic rings. The number of carbonyl (C=O) groups excluding carboxylic acids is 1. The van der Waals surface area contributed by atoms with Gasteiger partial charge in [0.05, 0.1) is 25.7 Å². The summed E-state index contributed by atoms with van der Waals surface area (Å²) in [4.78, 5) is 11.8. The Kier molecular flexibility index (Phi) is 4.57. The highest BCUT2D eigenvalue weighted by Crippen LogP contribution is 2.43. The number of fused-ring (bicyclic) bond motifs is 2. The SMILES string of the molecule is COCCOCCOC(=O)C1CC2C=CC1C2. The summed E-state index contributed by atoms with van der Waals surface area (Å²) in [5, 5.41) is 0. The van der Waals surface area contributed by atoms with Crippen LogP contribution in [0.3, 0.4) is 0 Å². The molecule has 0 aromatic rings. The molecule has 2 aliphatic carbocycles. The number of hydrogen-bond acceptors (Lipinski definition) is 4. The van der Waals surface area contributed by atoms with Crippen LogP contribution in [0.2, 0.25) is 0 Å². The molecule has 0 radical (unpaired) electrons. The minimum atomic E-state index is -0.0582. The first-order valence-corrected chi connectivity index (χ1v) is 6.23. The number of methoxy groups -OCH3 is 1. The zero-order valence-electron chi connectivity index (χ0n) is 10.3. The molecule has 4 nitrogen and oxygen atoms in total. The number of hydrogen-bond donors (Lipinski definition) is 0. The van der Waals surface area contributed by atoms with Crippen molar-refractivity contribution in [3.8, 4) is 0 Å². The molecule has 2 rings (SSSR count). The quantitative estimate of drug-likeness (QED) is 0.383. The Labute approximate surface area is 102 Å². The highest BCUT2D eigenvalue weighted by atomic mass is 16.6. The van der Waals surface area contributed by atoms with Crippen molar-refractivity contribution in [2.45, 2.75) is 12.8 Å². The number of allylic oxidation sites excluding steroid dienone is 2. The van der Waals surface area contributed by atoms with Crippen molar-refractivity contribution >= 4 is 5.97 Å². The molecule has 0 saturated heterocycles. The van der Waals surface area contributed by atoms with Crippen molar-refractivity contribution in [1.82, 2.24) is 0 Å². The lowest BCUT2D eigenvalue weighted by Crippen LogP contribution is -2.23. The first-order chi connectivity index (χ1) is 8.31. The molecule has 0 aromatic heterocycles. The van der Waals surface area contributed by atoms with Crippen molar-refractivity contribution < 1.29 is 19.0 Å². The van der Waals surface area contributed by atoms with Crippen LogP contribution >= 0.6 is 0 Å². The third-order valence-electron chi connectivity index (χ3n) is 3.49. The van der Waals surface area contributed by atoms with Gasteiger partial charge in [0.15, 0.2) is 0 Å². The van der Waals surface area contributed by atoms with Gasteiger partial charge in [-0.15, -0.1) is 0 Å². The summed E-state index contributed by atoms with van der Waals surface area (Å²) < 4.78 is 15.3. The highest BCUT2D eigenvalue weighted by molar-refractivity contribution is 5.74. The standard InChI is InChI=1S/C13H20O4/c1-15-4-5-16-6-7-17-13(14)12-9-10-2-3-11(12)8-10/h2-3,10-12H,4-9H2,1H3. The first-order valence-electron chi connectivity index (χ1n) is 6.23. The van der Waals surface area contributed by atoms with E-state index in [1.165, 1.54) is 0 Å². The molecule has 0 aliphatic heterocycles. The summed E-state index contributed by atoms with van der Waals surface area (Å²) in [5.74, 6) is 1.05. The Bertz CT molecular complexity index is 287. The number of rotatable bonds is 7. The van der Waals surface area contributed by atoms with Crippen LogP contribution < -0.4 is 0 Å². The van der Waals surface area contributed by atoms with Crippen LogP contribution in [0.15, 0.2) is 12.2 Å². The molecule has 1 saturated carbocycles. The molecule has 0 heterocycles. The van der Waals surface area contributed by atoms with E-state index in [1.54, 1.807) is 7.11 Å². The molecule has 2 bridgehead atoms. The van der Waals surface area contributed by atoms with Crippen molar-refractivity contribution in [1.29, 1.82) is 0 Å². The highest BCUT2D eigenvalue weighted by Gasteiger charge is 2.40. The van der Waals surface area contributed by atoms with Crippen molar-refractivity contribution in [3.63, 3.8) is 0 Å². The minimum Gasteiger partial charge on any atom is -0.463 e. The van der Waals surface area contributed by atoms with E-state index in [0.29, 0.717) is 38.3 Å². The van der Waals surface area contributed by atoms with Gasteiger partial charge in [-0.2, -0.15) is 0 Å². The van der Waals surface area contributed by atoms with Crippen LogP contribution in [0.1, 0.15) is 12.8 Å². The minimum absolute atomic E-state index is 0.0582. The molecule has 0 spiro atoms. The van der Waals surface area contributed by atoms with Gasteiger partial charge in [0.1, 0.15) is 6.61 Å². The summed E-state index contributed by atoms with van der Waals surface area (Å²) in [5.41, 5.74) is 0. The molecule has 1 fully saturated rings.